The van der Waals surface area contributed by atoms with E-state index in [1.165, 1.54) is 12.1 Å². The number of carbonyl (C=O) groups excluding carboxylic acids is 1. The number of amides is 1. The van der Waals surface area contributed by atoms with Gasteiger partial charge in [0.1, 0.15) is 5.82 Å². The van der Waals surface area contributed by atoms with Crippen LogP contribution >= 0.6 is 0 Å². The highest BCUT2D eigenvalue weighted by Gasteiger charge is 2.06. The van der Waals surface area contributed by atoms with Gasteiger partial charge in [0, 0.05) is 18.7 Å². The normalized spacial score (nSPS) is 10.5. The fourth-order valence-electron chi connectivity index (χ4n) is 2.18. The molecule has 0 bridgehead atoms. The van der Waals surface area contributed by atoms with Crippen molar-refractivity contribution in [2.75, 3.05) is 11.9 Å². The summed E-state index contributed by atoms with van der Waals surface area (Å²) in [6.07, 6.45) is 0.975. The van der Waals surface area contributed by atoms with E-state index in [1.807, 2.05) is 31.2 Å². The largest absolute Gasteiger partial charge is 0.326 e. The van der Waals surface area contributed by atoms with E-state index in [-0.39, 0.29) is 11.7 Å². The second kappa shape index (κ2) is 8.29. The van der Waals surface area contributed by atoms with Gasteiger partial charge in [-0.15, -0.1) is 0 Å². The summed E-state index contributed by atoms with van der Waals surface area (Å²) in [5.74, 6) is -0.293. The SMILES string of the molecule is CCNCc1ccccc1NC(=O)CCc1ccc(F)cc1. The molecule has 2 N–H and O–H groups in total. The van der Waals surface area contributed by atoms with Gasteiger partial charge >= 0.3 is 0 Å². The van der Waals surface area contributed by atoms with E-state index in [2.05, 4.69) is 10.6 Å². The maximum Gasteiger partial charge on any atom is 0.224 e. The maximum absolute atomic E-state index is 12.8. The molecule has 0 saturated heterocycles. The smallest absolute Gasteiger partial charge is 0.224 e. The van der Waals surface area contributed by atoms with Gasteiger partial charge in [0.15, 0.2) is 0 Å². The van der Waals surface area contributed by atoms with E-state index >= 15 is 0 Å². The van der Waals surface area contributed by atoms with Crippen molar-refractivity contribution in [1.29, 1.82) is 0 Å². The number of halogens is 1. The van der Waals surface area contributed by atoms with Crippen LogP contribution in [0.2, 0.25) is 0 Å². The minimum absolute atomic E-state index is 0.0340. The first kappa shape index (κ1) is 16.2. The molecule has 22 heavy (non-hydrogen) atoms. The Balaban J connectivity index is 1.90. The molecule has 2 rings (SSSR count). The first-order valence-corrected chi connectivity index (χ1v) is 7.52. The molecule has 2 aromatic carbocycles. The number of nitrogens with one attached hydrogen (secondary N) is 2. The Morgan fingerprint density at radius 2 is 1.82 bits per heavy atom. The van der Waals surface area contributed by atoms with Crippen LogP contribution in [0.25, 0.3) is 0 Å². The summed E-state index contributed by atoms with van der Waals surface area (Å²) >= 11 is 0. The highest BCUT2D eigenvalue weighted by atomic mass is 19.1. The number of carbonyl (C=O) groups is 1. The molecule has 116 valence electrons. The molecular weight excluding hydrogens is 279 g/mol. The molecule has 4 heteroatoms. The molecular formula is C18H21FN2O. The van der Waals surface area contributed by atoms with Crippen molar-refractivity contribution in [3.8, 4) is 0 Å². The molecule has 0 spiro atoms. The van der Waals surface area contributed by atoms with Crippen LogP contribution in [0.15, 0.2) is 48.5 Å². The second-order valence-electron chi connectivity index (χ2n) is 5.11. The number of para-hydroxylation sites is 1. The Kier molecular flexibility index (Phi) is 6.10. The van der Waals surface area contributed by atoms with Crippen LogP contribution in [0, 0.1) is 5.82 Å². The van der Waals surface area contributed by atoms with Crippen molar-refractivity contribution in [3.63, 3.8) is 0 Å². The topological polar surface area (TPSA) is 41.1 Å². The Bertz CT molecular complexity index is 611. The highest BCUT2D eigenvalue weighted by Crippen LogP contribution is 2.15. The van der Waals surface area contributed by atoms with E-state index in [0.717, 1.165) is 29.9 Å². The number of anilines is 1. The summed E-state index contributed by atoms with van der Waals surface area (Å²) < 4.78 is 12.8. The zero-order valence-corrected chi connectivity index (χ0v) is 12.7. The molecule has 0 aliphatic rings. The third kappa shape index (κ3) is 4.97. The zero-order chi connectivity index (χ0) is 15.8. The van der Waals surface area contributed by atoms with Crippen LogP contribution < -0.4 is 10.6 Å². The molecule has 0 aliphatic heterocycles. The lowest BCUT2D eigenvalue weighted by molar-refractivity contribution is -0.116. The predicted octanol–water partition coefficient (Wildman–Crippen LogP) is 3.51. The fraction of sp³-hybridized carbons (Fsp3) is 0.278. The van der Waals surface area contributed by atoms with E-state index in [0.29, 0.717) is 12.8 Å². The zero-order valence-electron chi connectivity index (χ0n) is 12.7. The van der Waals surface area contributed by atoms with Crippen molar-refractivity contribution >= 4 is 11.6 Å². The quantitative estimate of drug-likeness (QED) is 0.821. The first-order valence-electron chi connectivity index (χ1n) is 7.52. The standard InChI is InChI=1S/C18H21FN2O/c1-2-20-13-15-5-3-4-6-17(15)21-18(22)12-9-14-7-10-16(19)11-8-14/h3-8,10-11,20H,2,9,12-13H2,1H3,(H,21,22). The highest BCUT2D eigenvalue weighted by molar-refractivity contribution is 5.91. The Labute approximate surface area is 130 Å². The van der Waals surface area contributed by atoms with Crippen LogP contribution in [0.4, 0.5) is 10.1 Å². The lowest BCUT2D eigenvalue weighted by Crippen LogP contribution is -2.17. The maximum atomic E-state index is 12.8. The number of hydrogen-bond acceptors (Lipinski definition) is 2. The van der Waals surface area contributed by atoms with Gasteiger partial charge in [-0.3, -0.25) is 4.79 Å². The summed E-state index contributed by atoms with van der Waals surface area (Å²) in [4.78, 5) is 12.1. The Hall–Kier alpha value is -2.20. The van der Waals surface area contributed by atoms with Crippen LogP contribution in [0.5, 0.6) is 0 Å². The number of rotatable bonds is 7. The lowest BCUT2D eigenvalue weighted by atomic mass is 10.1. The molecule has 0 aromatic heterocycles. The second-order valence-corrected chi connectivity index (χ2v) is 5.11. The Morgan fingerprint density at radius 3 is 2.55 bits per heavy atom. The number of aryl methyl sites for hydroxylation is 1. The van der Waals surface area contributed by atoms with Gasteiger partial charge in [-0.05, 0) is 42.3 Å². The Morgan fingerprint density at radius 1 is 1.09 bits per heavy atom. The van der Waals surface area contributed by atoms with Gasteiger partial charge in [0.2, 0.25) is 5.91 Å². The molecule has 2 aromatic rings. The average molecular weight is 300 g/mol. The van der Waals surface area contributed by atoms with Gasteiger partial charge in [-0.25, -0.2) is 4.39 Å². The van der Waals surface area contributed by atoms with Crippen LogP contribution in [0.3, 0.4) is 0 Å². The summed E-state index contributed by atoms with van der Waals surface area (Å²) in [7, 11) is 0. The molecule has 3 nitrogen and oxygen atoms in total. The monoisotopic (exact) mass is 300 g/mol. The summed E-state index contributed by atoms with van der Waals surface area (Å²) in [6.45, 7) is 3.65. The van der Waals surface area contributed by atoms with Gasteiger partial charge in [0.05, 0.1) is 0 Å². The molecule has 0 radical (unpaired) electrons. The predicted molar refractivity (Wildman–Crippen MR) is 87.2 cm³/mol. The molecule has 0 atom stereocenters. The van der Waals surface area contributed by atoms with E-state index < -0.39 is 0 Å². The first-order chi connectivity index (χ1) is 10.7. The van der Waals surface area contributed by atoms with Crippen LogP contribution in [0.1, 0.15) is 24.5 Å². The number of hydrogen-bond donors (Lipinski definition) is 2. The van der Waals surface area contributed by atoms with Crippen molar-refractivity contribution in [3.05, 3.63) is 65.5 Å². The van der Waals surface area contributed by atoms with Gasteiger partial charge < -0.3 is 10.6 Å². The summed E-state index contributed by atoms with van der Waals surface area (Å²) in [5, 5.41) is 6.20. The summed E-state index contributed by atoms with van der Waals surface area (Å²) in [5.41, 5.74) is 2.87. The molecule has 0 aliphatic carbocycles. The van der Waals surface area contributed by atoms with Crippen molar-refractivity contribution in [1.82, 2.24) is 5.32 Å². The van der Waals surface area contributed by atoms with Crippen molar-refractivity contribution in [2.45, 2.75) is 26.3 Å². The molecule has 0 saturated carbocycles. The fourth-order valence-corrected chi connectivity index (χ4v) is 2.18. The third-order valence-electron chi connectivity index (χ3n) is 3.41. The molecule has 0 fully saturated rings. The van der Waals surface area contributed by atoms with E-state index in [9.17, 15) is 9.18 Å². The molecule has 0 unspecified atom stereocenters. The minimum atomic E-state index is -0.259. The van der Waals surface area contributed by atoms with Gasteiger partial charge in [-0.1, -0.05) is 37.3 Å². The molecule has 1 amide bonds. The average Bonchev–Trinajstić information content (AvgIpc) is 2.53. The third-order valence-corrected chi connectivity index (χ3v) is 3.41. The lowest BCUT2D eigenvalue weighted by Gasteiger charge is -2.11. The van der Waals surface area contributed by atoms with Crippen molar-refractivity contribution in [2.24, 2.45) is 0 Å². The van der Waals surface area contributed by atoms with Crippen LogP contribution in [-0.2, 0) is 17.8 Å². The van der Waals surface area contributed by atoms with Gasteiger partial charge in [0.25, 0.3) is 0 Å². The van der Waals surface area contributed by atoms with E-state index in [1.54, 1.807) is 12.1 Å². The van der Waals surface area contributed by atoms with E-state index in [4.69, 9.17) is 0 Å². The van der Waals surface area contributed by atoms with Crippen molar-refractivity contribution < 1.29 is 9.18 Å². The van der Waals surface area contributed by atoms with Crippen LogP contribution in [-0.4, -0.2) is 12.5 Å². The van der Waals surface area contributed by atoms with Gasteiger partial charge in [-0.2, -0.15) is 0 Å². The minimum Gasteiger partial charge on any atom is -0.326 e. The molecule has 0 heterocycles. The number of benzene rings is 2. The summed E-state index contributed by atoms with van der Waals surface area (Å²) in [6, 6.07) is 14.0.